The van der Waals surface area contributed by atoms with E-state index in [1.54, 1.807) is 0 Å². The summed E-state index contributed by atoms with van der Waals surface area (Å²) >= 11 is 0. The number of hydrogen-bond acceptors (Lipinski definition) is 1. The van der Waals surface area contributed by atoms with Crippen LogP contribution >= 0.6 is 0 Å². The molecule has 0 spiro atoms. The summed E-state index contributed by atoms with van der Waals surface area (Å²) in [4.78, 5) is 11.2. The Bertz CT molecular complexity index is 378. The van der Waals surface area contributed by atoms with E-state index in [1.165, 1.54) is 11.1 Å². The van der Waals surface area contributed by atoms with Crippen LogP contribution in [0.25, 0.3) is 0 Å². The SMILES string of the molecule is C=C(CCc1ccccc1)C[C@H]1CCC1=O. The molecule has 0 unspecified atom stereocenters. The van der Waals surface area contributed by atoms with E-state index >= 15 is 0 Å². The molecular weight excluding hydrogens is 196 g/mol. The van der Waals surface area contributed by atoms with E-state index in [9.17, 15) is 4.79 Å². The van der Waals surface area contributed by atoms with Crippen molar-refractivity contribution in [3.63, 3.8) is 0 Å². The minimum Gasteiger partial charge on any atom is -0.299 e. The zero-order chi connectivity index (χ0) is 11.4. The van der Waals surface area contributed by atoms with Gasteiger partial charge in [0.05, 0.1) is 0 Å². The van der Waals surface area contributed by atoms with E-state index in [1.807, 2.05) is 6.07 Å². The summed E-state index contributed by atoms with van der Waals surface area (Å²) in [5.41, 5.74) is 2.57. The fraction of sp³-hybridized carbons (Fsp3) is 0.400. The van der Waals surface area contributed by atoms with Gasteiger partial charge < -0.3 is 0 Å². The molecule has 1 atom stereocenters. The monoisotopic (exact) mass is 214 g/mol. The third-order valence-corrected chi connectivity index (χ3v) is 3.34. The molecule has 0 aliphatic heterocycles. The molecule has 1 aliphatic carbocycles. The maximum atomic E-state index is 11.2. The molecule has 0 heterocycles. The zero-order valence-corrected chi connectivity index (χ0v) is 9.61. The van der Waals surface area contributed by atoms with E-state index in [4.69, 9.17) is 0 Å². The van der Waals surface area contributed by atoms with E-state index in [-0.39, 0.29) is 0 Å². The highest BCUT2D eigenvalue weighted by atomic mass is 16.1. The minimum absolute atomic E-state index is 0.295. The van der Waals surface area contributed by atoms with Crippen LogP contribution in [0.3, 0.4) is 0 Å². The molecule has 0 aromatic heterocycles. The predicted octanol–water partition coefficient (Wildman–Crippen LogP) is 3.54. The van der Waals surface area contributed by atoms with Crippen molar-refractivity contribution in [3.05, 3.63) is 48.0 Å². The lowest BCUT2D eigenvalue weighted by Crippen LogP contribution is -2.25. The van der Waals surface area contributed by atoms with E-state index in [2.05, 4.69) is 30.8 Å². The topological polar surface area (TPSA) is 17.1 Å². The third kappa shape index (κ3) is 2.82. The number of ketones is 1. The van der Waals surface area contributed by atoms with Crippen molar-refractivity contribution >= 4 is 5.78 Å². The van der Waals surface area contributed by atoms with Gasteiger partial charge in [-0.1, -0.05) is 42.5 Å². The van der Waals surface area contributed by atoms with Crippen LogP contribution in [0.2, 0.25) is 0 Å². The Balaban J connectivity index is 1.74. The number of allylic oxidation sites excluding steroid dienone is 1. The zero-order valence-electron chi connectivity index (χ0n) is 9.61. The second-order valence-electron chi connectivity index (χ2n) is 4.64. The summed E-state index contributed by atoms with van der Waals surface area (Å²) in [6.07, 6.45) is 4.82. The lowest BCUT2D eigenvalue weighted by atomic mass is 9.79. The molecule has 1 saturated carbocycles. The Morgan fingerprint density at radius 1 is 1.31 bits per heavy atom. The number of aryl methyl sites for hydroxylation is 1. The van der Waals surface area contributed by atoms with Crippen molar-refractivity contribution in [2.75, 3.05) is 0 Å². The summed E-state index contributed by atoms with van der Waals surface area (Å²) in [7, 11) is 0. The van der Waals surface area contributed by atoms with E-state index in [0.29, 0.717) is 11.7 Å². The minimum atomic E-state index is 0.295. The lowest BCUT2D eigenvalue weighted by molar-refractivity contribution is -0.129. The first kappa shape index (κ1) is 11.1. The molecule has 1 aromatic rings. The van der Waals surface area contributed by atoms with Gasteiger partial charge in [-0.15, -0.1) is 0 Å². The first-order chi connectivity index (χ1) is 7.75. The van der Waals surface area contributed by atoms with Crippen molar-refractivity contribution in [2.45, 2.75) is 32.1 Å². The molecule has 84 valence electrons. The molecule has 2 rings (SSSR count). The molecule has 1 nitrogen and oxygen atoms in total. The smallest absolute Gasteiger partial charge is 0.136 e. The summed E-state index contributed by atoms with van der Waals surface area (Å²) in [5, 5.41) is 0. The summed E-state index contributed by atoms with van der Waals surface area (Å²) in [6, 6.07) is 10.4. The highest BCUT2D eigenvalue weighted by Crippen LogP contribution is 2.29. The number of carbonyl (C=O) groups excluding carboxylic acids is 1. The molecule has 1 fully saturated rings. The van der Waals surface area contributed by atoms with Gasteiger partial charge in [-0.2, -0.15) is 0 Å². The van der Waals surface area contributed by atoms with Crippen molar-refractivity contribution in [3.8, 4) is 0 Å². The van der Waals surface area contributed by atoms with Crippen LogP contribution in [-0.2, 0) is 11.2 Å². The summed E-state index contributed by atoms with van der Waals surface area (Å²) in [5.74, 6) is 0.726. The fourth-order valence-corrected chi connectivity index (χ4v) is 2.10. The Labute approximate surface area is 97.2 Å². The Morgan fingerprint density at radius 2 is 2.06 bits per heavy atom. The van der Waals surface area contributed by atoms with Gasteiger partial charge in [0, 0.05) is 12.3 Å². The van der Waals surface area contributed by atoms with Crippen molar-refractivity contribution in [1.29, 1.82) is 0 Å². The standard InChI is InChI=1S/C15H18O/c1-12(11-14-9-10-15(14)16)7-8-13-5-3-2-4-6-13/h2-6,14H,1,7-11H2/t14-/m1/s1. The Hall–Kier alpha value is -1.37. The number of benzene rings is 1. The van der Waals surface area contributed by atoms with Crippen LogP contribution in [0.15, 0.2) is 42.5 Å². The molecular formula is C15H18O. The maximum Gasteiger partial charge on any atom is 0.136 e. The average molecular weight is 214 g/mol. The van der Waals surface area contributed by atoms with Crippen LogP contribution in [0.1, 0.15) is 31.2 Å². The predicted molar refractivity (Wildman–Crippen MR) is 66.3 cm³/mol. The van der Waals surface area contributed by atoms with E-state index in [0.717, 1.165) is 32.1 Å². The van der Waals surface area contributed by atoms with Crippen LogP contribution < -0.4 is 0 Å². The number of rotatable bonds is 5. The second-order valence-corrected chi connectivity index (χ2v) is 4.64. The van der Waals surface area contributed by atoms with E-state index < -0.39 is 0 Å². The Morgan fingerprint density at radius 3 is 2.62 bits per heavy atom. The largest absolute Gasteiger partial charge is 0.299 e. The van der Waals surface area contributed by atoms with Crippen molar-refractivity contribution < 1.29 is 4.79 Å². The molecule has 0 radical (unpaired) electrons. The molecule has 0 bridgehead atoms. The van der Waals surface area contributed by atoms with Crippen molar-refractivity contribution in [1.82, 2.24) is 0 Å². The van der Waals surface area contributed by atoms with Gasteiger partial charge in [-0.05, 0) is 31.2 Å². The first-order valence-corrected chi connectivity index (χ1v) is 5.99. The van der Waals surface area contributed by atoms with Crippen LogP contribution in [0.5, 0.6) is 0 Å². The Kier molecular flexibility index (Phi) is 3.55. The highest BCUT2D eigenvalue weighted by Gasteiger charge is 2.27. The molecule has 1 aliphatic rings. The first-order valence-electron chi connectivity index (χ1n) is 5.99. The van der Waals surface area contributed by atoms with Crippen LogP contribution in [0, 0.1) is 5.92 Å². The van der Waals surface area contributed by atoms with Crippen molar-refractivity contribution in [2.24, 2.45) is 5.92 Å². The molecule has 1 heteroatoms. The summed E-state index contributed by atoms with van der Waals surface area (Å²) < 4.78 is 0. The highest BCUT2D eigenvalue weighted by molar-refractivity contribution is 5.86. The quantitative estimate of drug-likeness (QED) is 0.685. The van der Waals surface area contributed by atoms with Gasteiger partial charge in [-0.3, -0.25) is 4.79 Å². The molecule has 16 heavy (non-hydrogen) atoms. The number of Topliss-reactive ketones (excluding diaryl/α,β-unsaturated/α-hetero) is 1. The summed E-state index contributed by atoms with van der Waals surface area (Å²) in [6.45, 7) is 4.07. The average Bonchev–Trinajstić information content (AvgIpc) is 2.33. The molecule has 0 saturated heterocycles. The maximum absolute atomic E-state index is 11.2. The molecule has 0 N–H and O–H groups in total. The van der Waals surface area contributed by atoms with Gasteiger partial charge in [-0.25, -0.2) is 0 Å². The molecule has 0 amide bonds. The second kappa shape index (κ2) is 5.11. The fourth-order valence-electron chi connectivity index (χ4n) is 2.10. The molecule has 1 aromatic carbocycles. The van der Waals surface area contributed by atoms with Gasteiger partial charge in [0.2, 0.25) is 0 Å². The van der Waals surface area contributed by atoms with Crippen LogP contribution in [0.4, 0.5) is 0 Å². The van der Waals surface area contributed by atoms with Crippen LogP contribution in [-0.4, -0.2) is 5.78 Å². The lowest BCUT2D eigenvalue weighted by Gasteiger charge is -2.24. The number of carbonyl (C=O) groups is 1. The normalized spacial score (nSPS) is 19.2. The van der Waals surface area contributed by atoms with Gasteiger partial charge in [0.15, 0.2) is 0 Å². The van der Waals surface area contributed by atoms with Gasteiger partial charge >= 0.3 is 0 Å². The van der Waals surface area contributed by atoms with Gasteiger partial charge in [0.25, 0.3) is 0 Å². The van der Waals surface area contributed by atoms with Gasteiger partial charge in [0.1, 0.15) is 5.78 Å². The number of hydrogen-bond donors (Lipinski definition) is 0. The third-order valence-electron chi connectivity index (χ3n) is 3.34.